The van der Waals surface area contributed by atoms with Crippen molar-refractivity contribution in [1.82, 2.24) is 4.90 Å². The Hall–Kier alpha value is -1.58. The van der Waals surface area contributed by atoms with Crippen molar-refractivity contribution in [1.29, 1.82) is 0 Å². The minimum Gasteiger partial charge on any atom is -0.505 e. The van der Waals surface area contributed by atoms with Gasteiger partial charge >= 0.3 is 0 Å². The zero-order valence-electron chi connectivity index (χ0n) is 8.83. The number of hydrogen-bond acceptors (Lipinski definition) is 4. The predicted octanol–water partition coefficient (Wildman–Crippen LogP) is 0.950. The lowest BCUT2D eigenvalue weighted by atomic mass is 9.92. The third-order valence-corrected chi connectivity index (χ3v) is 2.99. The Labute approximate surface area is 87.9 Å². The second-order valence-corrected chi connectivity index (χ2v) is 3.95. The fraction of sp³-hybridized carbons (Fsp3) is 0.455. The fourth-order valence-corrected chi connectivity index (χ4v) is 1.84. The van der Waals surface area contributed by atoms with Gasteiger partial charge in [-0.05, 0) is 20.3 Å². The first kappa shape index (κ1) is 9.96. The van der Waals surface area contributed by atoms with Crippen molar-refractivity contribution in [3.63, 3.8) is 0 Å². The molecule has 2 rings (SSSR count). The van der Waals surface area contributed by atoms with E-state index < -0.39 is 11.6 Å². The zero-order valence-corrected chi connectivity index (χ0v) is 8.83. The fourth-order valence-electron chi connectivity index (χ4n) is 1.84. The van der Waals surface area contributed by atoms with Crippen LogP contribution < -0.4 is 0 Å². The lowest BCUT2D eigenvalue weighted by molar-refractivity contribution is -0.132. The first-order valence-corrected chi connectivity index (χ1v) is 4.99. The molecule has 4 nitrogen and oxygen atoms in total. The summed E-state index contributed by atoms with van der Waals surface area (Å²) in [5, 5.41) is 9.84. The number of rotatable bonds is 1. The number of allylic oxidation sites excluding steroid dienone is 2. The molecular weight excluding hydrogens is 194 g/mol. The number of hydrogen-bond donors (Lipinski definition) is 1. The SMILES string of the molecule is CC1=C(O)C(N2CCC2)=C(C)C(=O)C1=O. The molecular formula is C11H13NO3. The molecule has 4 heteroatoms. The van der Waals surface area contributed by atoms with Crippen molar-refractivity contribution in [2.75, 3.05) is 13.1 Å². The van der Waals surface area contributed by atoms with Crippen molar-refractivity contribution >= 4 is 11.6 Å². The third-order valence-electron chi connectivity index (χ3n) is 2.99. The van der Waals surface area contributed by atoms with Gasteiger partial charge in [-0.15, -0.1) is 0 Å². The van der Waals surface area contributed by atoms with Gasteiger partial charge < -0.3 is 10.0 Å². The highest BCUT2D eigenvalue weighted by Crippen LogP contribution is 2.29. The Morgan fingerprint density at radius 3 is 2.07 bits per heavy atom. The van der Waals surface area contributed by atoms with E-state index in [1.807, 2.05) is 4.90 Å². The Morgan fingerprint density at radius 2 is 1.60 bits per heavy atom. The molecule has 1 N–H and O–H groups in total. The Bertz CT molecular complexity index is 414. The molecule has 15 heavy (non-hydrogen) atoms. The van der Waals surface area contributed by atoms with Crippen LogP contribution in [0, 0.1) is 0 Å². The standard InChI is InChI=1S/C11H13NO3/c1-6-8(12-4-3-5-12)9(13)7(2)11(15)10(6)14/h13H,3-5H2,1-2H3. The second kappa shape index (κ2) is 3.22. The topological polar surface area (TPSA) is 57.6 Å². The molecule has 2 aliphatic rings. The van der Waals surface area contributed by atoms with Crippen molar-refractivity contribution in [2.24, 2.45) is 0 Å². The molecule has 0 aromatic heterocycles. The second-order valence-electron chi connectivity index (χ2n) is 3.95. The van der Waals surface area contributed by atoms with Gasteiger partial charge in [-0.3, -0.25) is 9.59 Å². The summed E-state index contributed by atoms with van der Waals surface area (Å²) in [7, 11) is 0. The average molecular weight is 207 g/mol. The molecule has 0 saturated carbocycles. The first-order chi connectivity index (χ1) is 7.04. The molecule has 0 aromatic rings. The average Bonchev–Trinajstić information content (AvgIpc) is 2.15. The smallest absolute Gasteiger partial charge is 0.232 e. The van der Waals surface area contributed by atoms with Gasteiger partial charge in [-0.1, -0.05) is 0 Å². The van der Waals surface area contributed by atoms with Gasteiger partial charge in [0.05, 0.1) is 5.70 Å². The van der Waals surface area contributed by atoms with Crippen LogP contribution in [0.2, 0.25) is 0 Å². The van der Waals surface area contributed by atoms with Crippen LogP contribution in [-0.4, -0.2) is 34.7 Å². The zero-order chi connectivity index (χ0) is 11.2. The third kappa shape index (κ3) is 1.28. The number of carbonyl (C=O) groups is 2. The molecule has 0 radical (unpaired) electrons. The Morgan fingerprint density at radius 1 is 1.07 bits per heavy atom. The number of ketones is 2. The van der Waals surface area contributed by atoms with Crippen LogP contribution in [0.15, 0.2) is 22.6 Å². The van der Waals surface area contributed by atoms with E-state index in [0.717, 1.165) is 19.5 Å². The Kier molecular flexibility index (Phi) is 2.14. The molecule has 0 aromatic carbocycles. The molecule has 1 heterocycles. The molecule has 0 amide bonds. The van der Waals surface area contributed by atoms with E-state index in [9.17, 15) is 14.7 Å². The molecule has 1 fully saturated rings. The maximum absolute atomic E-state index is 11.6. The molecule has 80 valence electrons. The van der Waals surface area contributed by atoms with Crippen LogP contribution >= 0.6 is 0 Å². The highest BCUT2D eigenvalue weighted by molar-refractivity contribution is 6.50. The summed E-state index contributed by atoms with van der Waals surface area (Å²) < 4.78 is 0. The number of aliphatic hydroxyl groups is 1. The lowest BCUT2D eigenvalue weighted by Gasteiger charge is -2.37. The summed E-state index contributed by atoms with van der Waals surface area (Å²) in [4.78, 5) is 24.9. The summed E-state index contributed by atoms with van der Waals surface area (Å²) in [5.41, 5.74) is 1.07. The minimum atomic E-state index is -0.589. The summed E-state index contributed by atoms with van der Waals surface area (Å²) in [5.74, 6) is -1.11. The van der Waals surface area contributed by atoms with E-state index in [-0.39, 0.29) is 11.3 Å². The van der Waals surface area contributed by atoms with Crippen LogP contribution in [0.1, 0.15) is 20.3 Å². The molecule has 1 aliphatic carbocycles. The molecule has 0 bridgehead atoms. The van der Waals surface area contributed by atoms with E-state index in [1.165, 1.54) is 6.92 Å². The molecule has 0 unspecified atom stereocenters. The number of Topliss-reactive ketones (excluding diaryl/α,β-unsaturated/α-hetero) is 2. The summed E-state index contributed by atoms with van der Waals surface area (Å²) in [6.45, 7) is 4.76. The van der Waals surface area contributed by atoms with Crippen LogP contribution in [0.4, 0.5) is 0 Å². The summed E-state index contributed by atoms with van der Waals surface area (Å²) in [6, 6.07) is 0. The van der Waals surface area contributed by atoms with Crippen LogP contribution in [0.3, 0.4) is 0 Å². The maximum atomic E-state index is 11.6. The minimum absolute atomic E-state index is 0.0307. The number of carbonyl (C=O) groups excluding carboxylic acids is 2. The molecule has 0 atom stereocenters. The molecule has 1 saturated heterocycles. The predicted molar refractivity (Wildman–Crippen MR) is 54.2 cm³/mol. The van der Waals surface area contributed by atoms with Crippen LogP contribution in [0.25, 0.3) is 0 Å². The van der Waals surface area contributed by atoms with Gasteiger partial charge in [0.15, 0.2) is 0 Å². The Balaban J connectivity index is 2.50. The van der Waals surface area contributed by atoms with Crippen LogP contribution in [-0.2, 0) is 9.59 Å². The largest absolute Gasteiger partial charge is 0.505 e. The van der Waals surface area contributed by atoms with Crippen LogP contribution in [0.5, 0.6) is 0 Å². The van der Waals surface area contributed by atoms with Gasteiger partial charge in [0.25, 0.3) is 0 Å². The van der Waals surface area contributed by atoms with Crippen molar-refractivity contribution in [2.45, 2.75) is 20.3 Å². The van der Waals surface area contributed by atoms with E-state index >= 15 is 0 Å². The first-order valence-electron chi connectivity index (χ1n) is 4.99. The van der Waals surface area contributed by atoms with Gasteiger partial charge in [0, 0.05) is 24.2 Å². The number of nitrogens with zero attached hydrogens (tertiary/aromatic N) is 1. The van der Waals surface area contributed by atoms with Gasteiger partial charge in [-0.25, -0.2) is 0 Å². The quantitative estimate of drug-likeness (QED) is 0.513. The van der Waals surface area contributed by atoms with Crippen molar-refractivity contribution < 1.29 is 14.7 Å². The van der Waals surface area contributed by atoms with E-state index in [4.69, 9.17) is 0 Å². The highest BCUT2D eigenvalue weighted by Gasteiger charge is 2.34. The molecule has 1 aliphatic heterocycles. The highest BCUT2D eigenvalue weighted by atomic mass is 16.3. The normalized spacial score (nSPS) is 22.4. The number of likely N-dealkylation sites (tertiary alicyclic amines) is 1. The summed E-state index contributed by atoms with van der Waals surface area (Å²) >= 11 is 0. The summed E-state index contributed by atoms with van der Waals surface area (Å²) in [6.07, 6.45) is 1.06. The molecule has 0 spiro atoms. The lowest BCUT2D eigenvalue weighted by Crippen LogP contribution is -2.40. The van der Waals surface area contributed by atoms with E-state index in [1.54, 1.807) is 6.92 Å². The maximum Gasteiger partial charge on any atom is 0.232 e. The van der Waals surface area contributed by atoms with Gasteiger partial charge in [0.2, 0.25) is 11.6 Å². The van der Waals surface area contributed by atoms with Crippen molar-refractivity contribution in [3.05, 3.63) is 22.6 Å². The van der Waals surface area contributed by atoms with Crippen molar-refractivity contribution in [3.8, 4) is 0 Å². The van der Waals surface area contributed by atoms with Gasteiger partial charge in [-0.2, -0.15) is 0 Å². The van der Waals surface area contributed by atoms with E-state index in [2.05, 4.69) is 0 Å². The number of aliphatic hydroxyl groups excluding tert-OH is 1. The monoisotopic (exact) mass is 207 g/mol. The van der Waals surface area contributed by atoms with Gasteiger partial charge in [0.1, 0.15) is 5.76 Å². The van der Waals surface area contributed by atoms with E-state index in [0.29, 0.717) is 11.3 Å².